The van der Waals surface area contributed by atoms with Crippen molar-refractivity contribution in [1.29, 1.82) is 0 Å². The molecule has 0 unspecified atom stereocenters. The number of aryl methyl sites for hydroxylation is 1. The molecule has 1 aliphatic heterocycles. The standard InChI is InChI=1S/C17H19N3O/c1-13-6-2-3-7-15(13)17(21)19-14-9-11-20(12-14)16-8-4-5-10-18-16/h2-8,10,14H,9,11-12H2,1H3,(H,19,21)/t14-/m0/s1. The monoisotopic (exact) mass is 281 g/mol. The lowest BCUT2D eigenvalue weighted by Gasteiger charge is -2.18. The number of benzene rings is 1. The van der Waals surface area contributed by atoms with Crippen LogP contribution >= 0.6 is 0 Å². The van der Waals surface area contributed by atoms with Gasteiger partial charge in [-0.05, 0) is 37.1 Å². The summed E-state index contributed by atoms with van der Waals surface area (Å²) in [5, 5.41) is 3.13. The number of nitrogens with one attached hydrogen (secondary N) is 1. The first-order valence-corrected chi connectivity index (χ1v) is 7.26. The Morgan fingerprint density at radius 3 is 2.81 bits per heavy atom. The molecular weight excluding hydrogens is 262 g/mol. The number of pyridine rings is 1. The zero-order valence-corrected chi connectivity index (χ0v) is 12.1. The molecule has 1 N–H and O–H groups in total. The van der Waals surface area contributed by atoms with Crippen LogP contribution in [0.4, 0.5) is 5.82 Å². The van der Waals surface area contributed by atoms with Gasteiger partial charge in [-0.3, -0.25) is 4.79 Å². The van der Waals surface area contributed by atoms with E-state index >= 15 is 0 Å². The minimum atomic E-state index is 0.0148. The number of nitrogens with zero attached hydrogens (tertiary/aromatic N) is 2. The predicted molar refractivity (Wildman–Crippen MR) is 83.5 cm³/mol. The highest BCUT2D eigenvalue weighted by atomic mass is 16.1. The Bertz CT molecular complexity index is 627. The lowest BCUT2D eigenvalue weighted by atomic mass is 10.1. The molecule has 0 spiro atoms. The molecule has 108 valence electrons. The summed E-state index contributed by atoms with van der Waals surface area (Å²) < 4.78 is 0. The summed E-state index contributed by atoms with van der Waals surface area (Å²) in [7, 11) is 0. The van der Waals surface area contributed by atoms with Gasteiger partial charge in [0.2, 0.25) is 0 Å². The van der Waals surface area contributed by atoms with Crippen molar-refractivity contribution in [2.45, 2.75) is 19.4 Å². The van der Waals surface area contributed by atoms with Gasteiger partial charge in [0.25, 0.3) is 5.91 Å². The van der Waals surface area contributed by atoms with E-state index in [1.54, 1.807) is 6.20 Å². The molecule has 1 atom stereocenters. The average Bonchev–Trinajstić information content (AvgIpc) is 2.97. The van der Waals surface area contributed by atoms with Crippen molar-refractivity contribution in [3.05, 3.63) is 59.8 Å². The van der Waals surface area contributed by atoms with Crippen molar-refractivity contribution >= 4 is 11.7 Å². The molecule has 1 fully saturated rings. The minimum absolute atomic E-state index is 0.0148. The Kier molecular flexibility index (Phi) is 3.86. The van der Waals surface area contributed by atoms with E-state index in [0.29, 0.717) is 0 Å². The van der Waals surface area contributed by atoms with Gasteiger partial charge in [0.15, 0.2) is 0 Å². The van der Waals surface area contributed by atoms with Crippen molar-refractivity contribution in [1.82, 2.24) is 10.3 Å². The van der Waals surface area contributed by atoms with E-state index in [2.05, 4.69) is 15.2 Å². The van der Waals surface area contributed by atoms with Crippen LogP contribution in [-0.2, 0) is 0 Å². The largest absolute Gasteiger partial charge is 0.354 e. The maximum atomic E-state index is 12.3. The predicted octanol–water partition coefficient (Wildman–Crippen LogP) is 2.40. The van der Waals surface area contributed by atoms with Gasteiger partial charge in [0.1, 0.15) is 5.82 Å². The number of anilines is 1. The quantitative estimate of drug-likeness (QED) is 0.939. The third-order valence-electron chi connectivity index (χ3n) is 3.89. The summed E-state index contributed by atoms with van der Waals surface area (Å²) in [6.07, 6.45) is 2.75. The van der Waals surface area contributed by atoms with Gasteiger partial charge in [-0.25, -0.2) is 4.98 Å². The van der Waals surface area contributed by atoms with Gasteiger partial charge in [0.05, 0.1) is 0 Å². The second-order valence-corrected chi connectivity index (χ2v) is 5.41. The molecule has 21 heavy (non-hydrogen) atoms. The smallest absolute Gasteiger partial charge is 0.251 e. The topological polar surface area (TPSA) is 45.2 Å². The van der Waals surface area contributed by atoms with Crippen molar-refractivity contribution < 1.29 is 4.79 Å². The van der Waals surface area contributed by atoms with Crippen LogP contribution < -0.4 is 10.2 Å². The van der Waals surface area contributed by atoms with Crippen LogP contribution in [0.15, 0.2) is 48.7 Å². The van der Waals surface area contributed by atoms with Crippen LogP contribution in [0.3, 0.4) is 0 Å². The first-order valence-electron chi connectivity index (χ1n) is 7.26. The molecule has 1 aromatic carbocycles. The second-order valence-electron chi connectivity index (χ2n) is 5.41. The fourth-order valence-corrected chi connectivity index (χ4v) is 2.72. The number of aromatic nitrogens is 1. The summed E-state index contributed by atoms with van der Waals surface area (Å²) in [4.78, 5) is 18.9. The van der Waals surface area contributed by atoms with Gasteiger partial charge in [-0.1, -0.05) is 24.3 Å². The van der Waals surface area contributed by atoms with E-state index in [1.165, 1.54) is 0 Å². The Hall–Kier alpha value is -2.36. The van der Waals surface area contributed by atoms with Gasteiger partial charge < -0.3 is 10.2 Å². The molecule has 0 radical (unpaired) electrons. The average molecular weight is 281 g/mol. The van der Waals surface area contributed by atoms with Crippen molar-refractivity contribution in [2.75, 3.05) is 18.0 Å². The summed E-state index contributed by atoms with van der Waals surface area (Å²) in [5.74, 6) is 0.992. The Morgan fingerprint density at radius 2 is 2.05 bits per heavy atom. The highest BCUT2D eigenvalue weighted by Crippen LogP contribution is 2.18. The molecule has 1 amide bonds. The van der Waals surface area contributed by atoms with Crippen molar-refractivity contribution in [2.24, 2.45) is 0 Å². The zero-order chi connectivity index (χ0) is 14.7. The maximum absolute atomic E-state index is 12.3. The SMILES string of the molecule is Cc1ccccc1C(=O)N[C@H]1CCN(c2ccccn2)C1. The van der Waals surface area contributed by atoms with Crippen LogP contribution in [0, 0.1) is 6.92 Å². The summed E-state index contributed by atoms with van der Waals surface area (Å²) in [5.41, 5.74) is 1.77. The van der Waals surface area contributed by atoms with Gasteiger partial charge >= 0.3 is 0 Å². The molecular formula is C17H19N3O. The second kappa shape index (κ2) is 5.95. The summed E-state index contributed by atoms with van der Waals surface area (Å²) in [6, 6.07) is 13.8. The Labute approximate surface area is 124 Å². The molecule has 2 aromatic rings. The molecule has 2 heterocycles. The summed E-state index contributed by atoms with van der Waals surface area (Å²) >= 11 is 0. The van der Waals surface area contributed by atoms with E-state index in [0.717, 1.165) is 36.5 Å². The normalized spacial score (nSPS) is 17.8. The lowest BCUT2D eigenvalue weighted by Crippen LogP contribution is -2.37. The summed E-state index contributed by atoms with van der Waals surface area (Å²) in [6.45, 7) is 3.70. The number of rotatable bonds is 3. The van der Waals surface area contributed by atoms with Gasteiger partial charge in [-0.2, -0.15) is 0 Å². The molecule has 4 nitrogen and oxygen atoms in total. The Balaban J connectivity index is 1.63. The number of amides is 1. The van der Waals surface area contributed by atoms with Crippen LogP contribution in [-0.4, -0.2) is 30.0 Å². The van der Waals surface area contributed by atoms with Gasteiger partial charge in [0, 0.05) is 30.9 Å². The lowest BCUT2D eigenvalue weighted by molar-refractivity contribution is 0.0940. The number of carbonyl (C=O) groups excluding carboxylic acids is 1. The molecule has 0 bridgehead atoms. The fraction of sp³-hybridized carbons (Fsp3) is 0.294. The van der Waals surface area contributed by atoms with Crippen LogP contribution in [0.25, 0.3) is 0 Å². The number of carbonyl (C=O) groups is 1. The third-order valence-corrected chi connectivity index (χ3v) is 3.89. The van der Waals surface area contributed by atoms with E-state index in [9.17, 15) is 4.79 Å². The van der Waals surface area contributed by atoms with Crippen molar-refractivity contribution in [3.8, 4) is 0 Å². The highest BCUT2D eigenvalue weighted by Gasteiger charge is 2.25. The van der Waals surface area contributed by atoms with E-state index < -0.39 is 0 Å². The van der Waals surface area contributed by atoms with E-state index in [1.807, 2.05) is 49.4 Å². The Morgan fingerprint density at radius 1 is 1.24 bits per heavy atom. The molecule has 0 saturated carbocycles. The first kappa shape index (κ1) is 13.6. The van der Waals surface area contributed by atoms with E-state index in [-0.39, 0.29) is 11.9 Å². The molecule has 4 heteroatoms. The molecule has 1 saturated heterocycles. The van der Waals surface area contributed by atoms with Crippen LogP contribution in [0.5, 0.6) is 0 Å². The van der Waals surface area contributed by atoms with Crippen LogP contribution in [0.2, 0.25) is 0 Å². The third kappa shape index (κ3) is 3.05. The highest BCUT2D eigenvalue weighted by molar-refractivity contribution is 5.95. The molecule has 0 aliphatic carbocycles. The molecule has 3 rings (SSSR count). The first-order chi connectivity index (χ1) is 10.2. The molecule has 1 aromatic heterocycles. The minimum Gasteiger partial charge on any atom is -0.354 e. The van der Waals surface area contributed by atoms with Crippen molar-refractivity contribution in [3.63, 3.8) is 0 Å². The van der Waals surface area contributed by atoms with Crippen LogP contribution in [0.1, 0.15) is 22.3 Å². The maximum Gasteiger partial charge on any atom is 0.251 e. The van der Waals surface area contributed by atoms with Gasteiger partial charge in [-0.15, -0.1) is 0 Å². The molecule has 1 aliphatic rings. The van der Waals surface area contributed by atoms with E-state index in [4.69, 9.17) is 0 Å². The zero-order valence-electron chi connectivity index (χ0n) is 12.1. The number of hydrogen-bond acceptors (Lipinski definition) is 3. The fourth-order valence-electron chi connectivity index (χ4n) is 2.72. The number of hydrogen-bond donors (Lipinski definition) is 1.